The van der Waals surface area contributed by atoms with Crippen molar-refractivity contribution in [3.05, 3.63) is 0 Å². The standard InChI is InChI=1S/C11H18F3NO4S/c1-10(9(16)17)4-2-6-15(8-10)20(18,19)7-3-5-11(12,13)14/h2-8H2,1H3,(H,16,17). The largest absolute Gasteiger partial charge is 0.481 e. The second kappa shape index (κ2) is 5.88. The summed E-state index contributed by atoms with van der Waals surface area (Å²) in [5, 5.41) is 9.09. The molecule has 0 saturated carbocycles. The van der Waals surface area contributed by atoms with Gasteiger partial charge in [-0.15, -0.1) is 0 Å². The first-order chi connectivity index (χ1) is 8.96. The quantitative estimate of drug-likeness (QED) is 0.839. The summed E-state index contributed by atoms with van der Waals surface area (Å²) in [4.78, 5) is 11.1. The number of sulfonamides is 1. The number of piperidine rings is 1. The van der Waals surface area contributed by atoms with Crippen molar-refractivity contribution in [3.8, 4) is 0 Å². The normalized spacial score (nSPS) is 25.6. The number of hydrogen-bond acceptors (Lipinski definition) is 3. The smallest absolute Gasteiger partial charge is 0.389 e. The van der Waals surface area contributed by atoms with Crippen molar-refractivity contribution in [1.29, 1.82) is 0 Å². The topological polar surface area (TPSA) is 74.7 Å². The van der Waals surface area contributed by atoms with E-state index in [9.17, 15) is 26.4 Å². The monoisotopic (exact) mass is 317 g/mol. The van der Waals surface area contributed by atoms with Gasteiger partial charge in [-0.25, -0.2) is 12.7 Å². The predicted octanol–water partition coefficient (Wildman–Crippen LogP) is 1.85. The summed E-state index contributed by atoms with van der Waals surface area (Å²) in [6, 6.07) is 0. The Balaban J connectivity index is 2.66. The van der Waals surface area contributed by atoms with E-state index in [0.717, 1.165) is 4.31 Å². The fourth-order valence-corrected chi connectivity index (χ4v) is 3.85. The molecular formula is C11H18F3NO4S. The molecule has 5 nitrogen and oxygen atoms in total. The molecule has 0 amide bonds. The van der Waals surface area contributed by atoms with Crippen molar-refractivity contribution in [3.63, 3.8) is 0 Å². The lowest BCUT2D eigenvalue weighted by molar-refractivity contribution is -0.150. The summed E-state index contributed by atoms with van der Waals surface area (Å²) in [6.07, 6.45) is -5.30. The number of nitrogens with zero attached hydrogens (tertiary/aromatic N) is 1. The van der Waals surface area contributed by atoms with Gasteiger partial charge in [0.15, 0.2) is 0 Å². The van der Waals surface area contributed by atoms with Crippen LogP contribution in [0.2, 0.25) is 0 Å². The second-order valence-electron chi connectivity index (χ2n) is 5.34. The molecule has 1 aliphatic heterocycles. The van der Waals surface area contributed by atoms with Crippen LogP contribution in [0.5, 0.6) is 0 Å². The Bertz CT molecular complexity index is 463. The summed E-state index contributed by atoms with van der Waals surface area (Å²) in [7, 11) is -3.84. The maximum Gasteiger partial charge on any atom is 0.389 e. The number of rotatable bonds is 5. The van der Waals surface area contributed by atoms with Crippen molar-refractivity contribution in [2.45, 2.75) is 38.8 Å². The highest BCUT2D eigenvalue weighted by molar-refractivity contribution is 7.89. The van der Waals surface area contributed by atoms with E-state index in [0.29, 0.717) is 12.8 Å². The molecule has 1 atom stereocenters. The van der Waals surface area contributed by atoms with Crippen LogP contribution in [0.3, 0.4) is 0 Å². The Morgan fingerprint density at radius 2 is 2.00 bits per heavy atom. The van der Waals surface area contributed by atoms with Crippen molar-refractivity contribution >= 4 is 16.0 Å². The van der Waals surface area contributed by atoms with Crippen LogP contribution in [-0.4, -0.2) is 48.8 Å². The minimum atomic E-state index is -4.38. The molecule has 1 saturated heterocycles. The molecule has 1 aliphatic rings. The average molecular weight is 317 g/mol. The Hall–Kier alpha value is -0.830. The van der Waals surface area contributed by atoms with E-state index in [4.69, 9.17) is 5.11 Å². The number of carboxylic acids is 1. The van der Waals surface area contributed by atoms with Gasteiger partial charge in [-0.05, 0) is 26.2 Å². The molecule has 118 valence electrons. The van der Waals surface area contributed by atoms with Crippen LogP contribution in [0.4, 0.5) is 13.2 Å². The number of carboxylic acid groups (broad SMARTS) is 1. The zero-order valence-electron chi connectivity index (χ0n) is 11.1. The molecule has 1 unspecified atom stereocenters. The minimum Gasteiger partial charge on any atom is -0.481 e. The Morgan fingerprint density at radius 1 is 1.40 bits per heavy atom. The predicted molar refractivity (Wildman–Crippen MR) is 65.6 cm³/mol. The number of carbonyl (C=O) groups is 1. The summed E-state index contributed by atoms with van der Waals surface area (Å²) >= 11 is 0. The zero-order chi connectivity index (χ0) is 15.6. The van der Waals surface area contributed by atoms with Gasteiger partial charge in [0.1, 0.15) is 0 Å². The van der Waals surface area contributed by atoms with Crippen molar-refractivity contribution in [2.75, 3.05) is 18.8 Å². The van der Waals surface area contributed by atoms with Crippen LogP contribution in [0.1, 0.15) is 32.6 Å². The fourth-order valence-electron chi connectivity index (χ4n) is 2.19. The molecule has 0 bridgehead atoms. The van der Waals surface area contributed by atoms with Crippen molar-refractivity contribution < 1.29 is 31.5 Å². The maximum atomic E-state index is 12.0. The summed E-state index contributed by atoms with van der Waals surface area (Å²) in [5.41, 5.74) is -1.17. The van der Waals surface area contributed by atoms with Gasteiger partial charge in [0.2, 0.25) is 10.0 Å². The Labute approximate surface area is 115 Å². The van der Waals surface area contributed by atoms with Crippen molar-refractivity contribution in [2.24, 2.45) is 5.41 Å². The van der Waals surface area contributed by atoms with E-state index < -0.39 is 46.2 Å². The third-order valence-electron chi connectivity index (χ3n) is 3.43. The molecule has 9 heteroatoms. The first kappa shape index (κ1) is 17.2. The molecular weight excluding hydrogens is 299 g/mol. The highest BCUT2D eigenvalue weighted by Crippen LogP contribution is 2.31. The average Bonchev–Trinajstić information content (AvgIpc) is 2.26. The fraction of sp³-hybridized carbons (Fsp3) is 0.909. The van der Waals surface area contributed by atoms with Gasteiger partial charge in [0.05, 0.1) is 11.2 Å². The summed E-state index contributed by atoms with van der Waals surface area (Å²) < 4.78 is 60.9. The van der Waals surface area contributed by atoms with Gasteiger partial charge in [0, 0.05) is 19.5 Å². The highest BCUT2D eigenvalue weighted by Gasteiger charge is 2.41. The van der Waals surface area contributed by atoms with Crippen LogP contribution in [0.15, 0.2) is 0 Å². The highest BCUT2D eigenvalue weighted by atomic mass is 32.2. The first-order valence-electron chi connectivity index (χ1n) is 6.24. The molecule has 1 heterocycles. The molecule has 1 fully saturated rings. The molecule has 0 aromatic rings. The number of halogens is 3. The van der Waals surface area contributed by atoms with Gasteiger partial charge < -0.3 is 5.11 Å². The maximum absolute atomic E-state index is 12.0. The lowest BCUT2D eigenvalue weighted by atomic mass is 9.83. The third kappa shape index (κ3) is 4.62. The SMILES string of the molecule is CC1(C(=O)O)CCCN(S(=O)(=O)CCCC(F)(F)F)C1. The van der Waals surface area contributed by atoms with Gasteiger partial charge >= 0.3 is 12.1 Å². The minimum absolute atomic E-state index is 0.164. The Morgan fingerprint density at radius 3 is 2.50 bits per heavy atom. The molecule has 1 N–H and O–H groups in total. The molecule has 20 heavy (non-hydrogen) atoms. The van der Waals surface area contributed by atoms with Crippen molar-refractivity contribution in [1.82, 2.24) is 4.31 Å². The van der Waals surface area contributed by atoms with Crippen LogP contribution in [-0.2, 0) is 14.8 Å². The van der Waals surface area contributed by atoms with E-state index >= 15 is 0 Å². The molecule has 0 aliphatic carbocycles. The van der Waals surface area contributed by atoms with E-state index in [-0.39, 0.29) is 13.1 Å². The lowest BCUT2D eigenvalue weighted by Gasteiger charge is -2.36. The van der Waals surface area contributed by atoms with Gasteiger partial charge in [-0.3, -0.25) is 4.79 Å². The number of alkyl halides is 3. The lowest BCUT2D eigenvalue weighted by Crippen LogP contribution is -2.48. The Kier molecular flexibility index (Phi) is 5.07. The van der Waals surface area contributed by atoms with Gasteiger partial charge in [-0.2, -0.15) is 13.2 Å². The summed E-state index contributed by atoms with van der Waals surface area (Å²) in [5.74, 6) is -1.70. The summed E-state index contributed by atoms with van der Waals surface area (Å²) in [6.45, 7) is 1.43. The number of hydrogen-bond donors (Lipinski definition) is 1. The first-order valence-corrected chi connectivity index (χ1v) is 7.85. The zero-order valence-corrected chi connectivity index (χ0v) is 11.9. The third-order valence-corrected chi connectivity index (χ3v) is 5.34. The molecule has 1 rings (SSSR count). The van der Waals surface area contributed by atoms with Crippen LogP contribution >= 0.6 is 0 Å². The van der Waals surface area contributed by atoms with Gasteiger partial charge in [-0.1, -0.05) is 0 Å². The molecule has 0 radical (unpaired) electrons. The van der Waals surface area contributed by atoms with Crippen LogP contribution in [0, 0.1) is 5.41 Å². The number of aliphatic carboxylic acids is 1. The second-order valence-corrected chi connectivity index (χ2v) is 7.43. The molecule has 0 aromatic heterocycles. The van der Waals surface area contributed by atoms with E-state index in [1.165, 1.54) is 6.92 Å². The van der Waals surface area contributed by atoms with Crippen LogP contribution in [0.25, 0.3) is 0 Å². The molecule has 0 aromatic carbocycles. The van der Waals surface area contributed by atoms with Crippen LogP contribution < -0.4 is 0 Å². The van der Waals surface area contributed by atoms with E-state index in [2.05, 4.69) is 0 Å². The van der Waals surface area contributed by atoms with E-state index in [1.807, 2.05) is 0 Å². The molecule has 0 spiro atoms. The van der Waals surface area contributed by atoms with Gasteiger partial charge in [0.25, 0.3) is 0 Å². The van der Waals surface area contributed by atoms with E-state index in [1.54, 1.807) is 0 Å².